The number of nitrogens with zero attached hydrogens (tertiary/aromatic N) is 3. The second-order valence-electron chi connectivity index (χ2n) is 15.2. The van der Waals surface area contributed by atoms with Crippen LogP contribution in [0, 0.1) is 12.7 Å². The standard InChI is InChI=1S/C43H47FN6O7S/c1-27-22-29(25-46-30-8-6-7-9-30)14-19-39(27)58(55,56)48-31-15-18-34(36(44)24-31)40(51)47-37(42(53)57-33-10-4-3-5-11-33)23-28-12-16-32(17-13-28)50-41(52)35-20-21-45-26-38(35)49(2)43(50)54/h12-22,24,26,30,33,37,46,48H,3-11,23,25H2,1-2H3,(H,47,51)/t37-/m0/s1. The fourth-order valence-corrected chi connectivity index (χ4v) is 9.16. The minimum absolute atomic E-state index is 0.0395. The number of anilines is 1. The Bertz CT molecular complexity index is 2560. The van der Waals surface area contributed by atoms with Crippen LogP contribution in [0.15, 0.2) is 93.6 Å². The predicted octanol–water partition coefficient (Wildman–Crippen LogP) is 5.58. The number of pyridine rings is 1. The summed E-state index contributed by atoms with van der Waals surface area (Å²) in [6.07, 6.45) is 11.5. The molecule has 13 nitrogen and oxygen atoms in total. The SMILES string of the molecule is Cc1cc(CNC2CCCC2)ccc1S(=O)(=O)Nc1ccc(C(=O)N[C@@H](Cc2ccc(-n3c(=O)c4ccncc4n(C)c3=O)cc2)C(=O)OC2CCCCC2)c(F)c1. The molecule has 5 aromatic rings. The number of carbonyl (C=O) groups is 2. The zero-order valence-corrected chi connectivity index (χ0v) is 33.3. The third-order valence-electron chi connectivity index (χ3n) is 11.1. The van der Waals surface area contributed by atoms with E-state index >= 15 is 4.39 Å². The predicted molar refractivity (Wildman–Crippen MR) is 218 cm³/mol. The van der Waals surface area contributed by atoms with Crippen LogP contribution in [-0.4, -0.2) is 52.6 Å². The number of nitrogens with one attached hydrogen (secondary N) is 3. The molecule has 58 heavy (non-hydrogen) atoms. The summed E-state index contributed by atoms with van der Waals surface area (Å²) >= 11 is 0. The number of sulfonamides is 1. The molecule has 3 aromatic carbocycles. The van der Waals surface area contributed by atoms with Crippen molar-refractivity contribution in [2.75, 3.05) is 4.72 Å². The summed E-state index contributed by atoms with van der Waals surface area (Å²) in [7, 11) is -2.55. The molecule has 3 N–H and O–H groups in total. The molecule has 0 bridgehead atoms. The summed E-state index contributed by atoms with van der Waals surface area (Å²) in [6.45, 7) is 2.34. The molecule has 7 rings (SSSR count). The molecule has 0 aliphatic heterocycles. The van der Waals surface area contributed by atoms with Gasteiger partial charge in [0.2, 0.25) is 0 Å². The van der Waals surface area contributed by atoms with Crippen molar-refractivity contribution in [2.45, 2.75) is 101 Å². The highest BCUT2D eigenvalue weighted by atomic mass is 32.2. The van der Waals surface area contributed by atoms with E-state index in [-0.39, 0.29) is 23.1 Å². The highest BCUT2D eigenvalue weighted by molar-refractivity contribution is 7.92. The van der Waals surface area contributed by atoms with Crippen molar-refractivity contribution in [3.05, 3.63) is 128 Å². The van der Waals surface area contributed by atoms with Gasteiger partial charge in [0.1, 0.15) is 18.0 Å². The van der Waals surface area contributed by atoms with E-state index in [1.165, 1.54) is 48.0 Å². The van der Waals surface area contributed by atoms with Crippen molar-refractivity contribution in [3.8, 4) is 5.69 Å². The Hall–Kier alpha value is -5.67. The maximum atomic E-state index is 15.6. The largest absolute Gasteiger partial charge is 0.461 e. The maximum Gasteiger partial charge on any atom is 0.335 e. The normalized spacial score (nSPS) is 15.6. The first-order valence-electron chi connectivity index (χ1n) is 19.7. The minimum Gasteiger partial charge on any atom is -0.461 e. The van der Waals surface area contributed by atoms with Crippen molar-refractivity contribution in [2.24, 2.45) is 7.05 Å². The monoisotopic (exact) mass is 810 g/mol. The van der Waals surface area contributed by atoms with Crippen LogP contribution in [-0.2, 0) is 39.6 Å². The summed E-state index contributed by atoms with van der Waals surface area (Å²) in [5, 5.41) is 6.46. The lowest BCUT2D eigenvalue weighted by Gasteiger charge is -2.25. The zero-order chi connectivity index (χ0) is 41.0. The van der Waals surface area contributed by atoms with Crippen LogP contribution in [0.1, 0.15) is 84.8 Å². The lowest BCUT2D eigenvalue weighted by molar-refractivity contribution is -0.152. The molecule has 0 saturated heterocycles. The van der Waals surface area contributed by atoms with Crippen LogP contribution in [0.3, 0.4) is 0 Å². The molecular weight excluding hydrogens is 764 g/mol. The Morgan fingerprint density at radius 2 is 1.62 bits per heavy atom. The van der Waals surface area contributed by atoms with E-state index in [4.69, 9.17) is 4.74 Å². The first-order valence-corrected chi connectivity index (χ1v) is 21.2. The molecule has 0 radical (unpaired) electrons. The third-order valence-corrected chi connectivity index (χ3v) is 12.6. The van der Waals surface area contributed by atoms with E-state index in [0.717, 1.165) is 54.4 Å². The first-order chi connectivity index (χ1) is 27.9. The Balaban J connectivity index is 1.06. The van der Waals surface area contributed by atoms with Gasteiger partial charge in [-0.1, -0.05) is 43.5 Å². The molecule has 2 aromatic heterocycles. The smallest absolute Gasteiger partial charge is 0.335 e. The Morgan fingerprint density at radius 1 is 0.914 bits per heavy atom. The van der Waals surface area contributed by atoms with Gasteiger partial charge in [0, 0.05) is 32.3 Å². The molecule has 2 aliphatic carbocycles. The quantitative estimate of drug-likeness (QED) is 0.129. The summed E-state index contributed by atoms with van der Waals surface area (Å²) < 4.78 is 53.0. The van der Waals surface area contributed by atoms with Crippen molar-refractivity contribution in [3.63, 3.8) is 0 Å². The van der Waals surface area contributed by atoms with Gasteiger partial charge in [0.15, 0.2) is 0 Å². The molecule has 1 atom stereocenters. The van der Waals surface area contributed by atoms with Gasteiger partial charge in [-0.2, -0.15) is 0 Å². The number of rotatable bonds is 13. The number of halogens is 1. The van der Waals surface area contributed by atoms with E-state index in [2.05, 4.69) is 20.3 Å². The van der Waals surface area contributed by atoms with E-state index < -0.39 is 50.6 Å². The number of ether oxygens (including phenoxy) is 1. The van der Waals surface area contributed by atoms with Crippen molar-refractivity contribution in [1.29, 1.82) is 0 Å². The molecule has 2 fully saturated rings. The van der Waals surface area contributed by atoms with Crippen LogP contribution >= 0.6 is 0 Å². The molecule has 304 valence electrons. The number of hydrogen-bond acceptors (Lipinski definition) is 9. The van der Waals surface area contributed by atoms with Gasteiger partial charge < -0.3 is 15.4 Å². The number of hydrogen-bond donors (Lipinski definition) is 3. The van der Waals surface area contributed by atoms with Crippen molar-refractivity contribution >= 4 is 38.5 Å². The second kappa shape index (κ2) is 17.4. The molecular formula is C43H47FN6O7S. The van der Waals surface area contributed by atoms with E-state index in [0.29, 0.717) is 53.1 Å². The molecule has 0 unspecified atom stereocenters. The van der Waals surface area contributed by atoms with Gasteiger partial charge in [-0.3, -0.25) is 23.9 Å². The summed E-state index contributed by atoms with van der Waals surface area (Å²) in [5.41, 5.74) is 1.22. The Morgan fingerprint density at radius 3 is 2.33 bits per heavy atom. The summed E-state index contributed by atoms with van der Waals surface area (Å²) in [4.78, 5) is 57.7. The van der Waals surface area contributed by atoms with Crippen LogP contribution in [0.4, 0.5) is 10.1 Å². The van der Waals surface area contributed by atoms with Gasteiger partial charge in [0.05, 0.1) is 38.9 Å². The third kappa shape index (κ3) is 9.05. The van der Waals surface area contributed by atoms with E-state index in [9.17, 15) is 27.6 Å². The number of carbonyl (C=O) groups excluding carboxylic acids is 2. The van der Waals surface area contributed by atoms with Gasteiger partial charge >= 0.3 is 11.7 Å². The topological polar surface area (TPSA) is 170 Å². The highest BCUT2D eigenvalue weighted by Crippen LogP contribution is 2.25. The van der Waals surface area contributed by atoms with E-state index in [1.54, 1.807) is 44.3 Å². The van der Waals surface area contributed by atoms with E-state index in [1.807, 2.05) is 6.07 Å². The summed E-state index contributed by atoms with van der Waals surface area (Å²) in [5.74, 6) is -2.57. The molecule has 2 aliphatic rings. The average molecular weight is 811 g/mol. The van der Waals surface area contributed by atoms with Crippen LogP contribution < -0.4 is 26.6 Å². The second-order valence-corrected chi connectivity index (χ2v) is 16.9. The Kier molecular flexibility index (Phi) is 12.2. The number of aryl methyl sites for hydroxylation is 2. The van der Waals surface area contributed by atoms with Gasteiger partial charge in [0.25, 0.3) is 21.5 Å². The van der Waals surface area contributed by atoms with Gasteiger partial charge in [-0.05, 0) is 105 Å². The number of fused-ring (bicyclic) bond motifs is 1. The van der Waals surface area contributed by atoms with Crippen LogP contribution in [0.2, 0.25) is 0 Å². The fourth-order valence-electron chi connectivity index (χ4n) is 7.89. The molecule has 2 saturated carbocycles. The van der Waals surface area contributed by atoms with Crippen molar-refractivity contribution in [1.82, 2.24) is 24.8 Å². The molecule has 1 amide bonds. The minimum atomic E-state index is -4.10. The number of benzene rings is 3. The molecule has 0 spiro atoms. The number of aromatic nitrogens is 3. The van der Waals surface area contributed by atoms with Crippen LogP contribution in [0.25, 0.3) is 16.6 Å². The summed E-state index contributed by atoms with van der Waals surface area (Å²) in [6, 6.07) is 15.7. The Labute approximate surface area is 335 Å². The lowest BCUT2D eigenvalue weighted by Crippen LogP contribution is -2.45. The highest BCUT2D eigenvalue weighted by Gasteiger charge is 2.29. The van der Waals surface area contributed by atoms with Gasteiger partial charge in [-0.15, -0.1) is 0 Å². The first kappa shape index (κ1) is 40.5. The fraction of sp³-hybridized carbons (Fsp3) is 0.372. The number of amides is 1. The zero-order valence-electron chi connectivity index (χ0n) is 32.5. The molecule has 15 heteroatoms. The maximum absolute atomic E-state index is 15.6. The molecule has 2 heterocycles. The van der Waals surface area contributed by atoms with Crippen LogP contribution in [0.5, 0.6) is 0 Å². The van der Waals surface area contributed by atoms with Gasteiger partial charge in [-0.25, -0.2) is 27.0 Å². The lowest BCUT2D eigenvalue weighted by atomic mass is 9.97. The van der Waals surface area contributed by atoms with Crippen molar-refractivity contribution < 1.29 is 27.1 Å². The number of esters is 1. The average Bonchev–Trinajstić information content (AvgIpc) is 3.74.